The van der Waals surface area contributed by atoms with Crippen LogP contribution in [0.5, 0.6) is 0 Å². The summed E-state index contributed by atoms with van der Waals surface area (Å²) >= 11 is 0. The molecule has 28 heavy (non-hydrogen) atoms. The van der Waals surface area contributed by atoms with Gasteiger partial charge in [-0.15, -0.1) is 0 Å². The summed E-state index contributed by atoms with van der Waals surface area (Å²) in [6, 6.07) is 18.8. The van der Waals surface area contributed by atoms with E-state index >= 15 is 0 Å². The first-order valence-corrected chi connectivity index (χ1v) is 8.86. The Labute approximate surface area is 163 Å². The van der Waals surface area contributed by atoms with Crippen molar-refractivity contribution in [1.29, 1.82) is 0 Å². The normalized spacial score (nSPS) is 14.8. The Balaban J connectivity index is 1.83. The SMILES string of the molecule is CCOC(=O)/C=C1\OC(=O)C(OCc2ccccc2)=C1OCc1ccccc1. The van der Waals surface area contributed by atoms with Crippen LogP contribution in [-0.4, -0.2) is 18.5 Å². The van der Waals surface area contributed by atoms with Crippen LogP contribution in [0.1, 0.15) is 18.1 Å². The van der Waals surface area contributed by atoms with Crippen LogP contribution < -0.4 is 0 Å². The quantitative estimate of drug-likeness (QED) is 0.514. The molecule has 2 aromatic rings. The molecule has 144 valence electrons. The Morgan fingerprint density at radius 3 is 1.96 bits per heavy atom. The molecule has 0 aromatic heterocycles. The third kappa shape index (κ3) is 5.01. The average molecular weight is 380 g/mol. The van der Waals surface area contributed by atoms with Gasteiger partial charge < -0.3 is 18.9 Å². The summed E-state index contributed by atoms with van der Waals surface area (Å²) in [6.07, 6.45) is 1.08. The molecule has 0 fully saturated rings. The van der Waals surface area contributed by atoms with Gasteiger partial charge in [0.1, 0.15) is 13.2 Å². The maximum absolute atomic E-state index is 12.3. The zero-order chi connectivity index (χ0) is 19.8. The number of carbonyl (C=O) groups excluding carboxylic acids is 2. The monoisotopic (exact) mass is 380 g/mol. The number of carbonyl (C=O) groups is 2. The maximum Gasteiger partial charge on any atom is 0.383 e. The van der Waals surface area contributed by atoms with E-state index in [2.05, 4.69) is 0 Å². The molecule has 0 spiro atoms. The van der Waals surface area contributed by atoms with Crippen LogP contribution in [0.3, 0.4) is 0 Å². The van der Waals surface area contributed by atoms with Crippen LogP contribution in [0.15, 0.2) is 84.0 Å². The van der Waals surface area contributed by atoms with Crippen molar-refractivity contribution in [2.24, 2.45) is 0 Å². The lowest BCUT2D eigenvalue weighted by atomic mass is 10.2. The summed E-state index contributed by atoms with van der Waals surface area (Å²) in [5.41, 5.74) is 1.78. The van der Waals surface area contributed by atoms with Gasteiger partial charge in [-0.1, -0.05) is 60.7 Å². The Hall–Kier alpha value is -3.54. The molecule has 0 radical (unpaired) electrons. The molecular weight excluding hydrogens is 360 g/mol. The van der Waals surface area contributed by atoms with E-state index in [1.165, 1.54) is 0 Å². The summed E-state index contributed by atoms with van der Waals surface area (Å²) in [5.74, 6) is -1.36. The molecule has 0 saturated carbocycles. The van der Waals surface area contributed by atoms with E-state index in [0.29, 0.717) is 0 Å². The highest BCUT2D eigenvalue weighted by atomic mass is 16.6. The lowest BCUT2D eigenvalue weighted by molar-refractivity contribution is -0.138. The summed E-state index contributed by atoms with van der Waals surface area (Å²) in [5, 5.41) is 0. The number of ether oxygens (including phenoxy) is 4. The minimum Gasteiger partial charge on any atom is -0.481 e. The standard InChI is InChI=1S/C22H20O6/c1-2-25-19(23)13-18-20(26-14-16-9-5-3-6-10-16)21(22(24)28-18)27-15-17-11-7-4-8-12-17/h3-13H,2,14-15H2,1H3/b18-13-. The van der Waals surface area contributed by atoms with Crippen LogP contribution in [0, 0.1) is 0 Å². The average Bonchev–Trinajstić information content (AvgIpc) is 3.00. The maximum atomic E-state index is 12.3. The Kier molecular flexibility index (Phi) is 6.46. The first-order chi connectivity index (χ1) is 13.7. The molecule has 0 saturated heterocycles. The fraction of sp³-hybridized carbons (Fsp3) is 0.182. The van der Waals surface area contributed by atoms with Crippen molar-refractivity contribution in [3.8, 4) is 0 Å². The first-order valence-electron chi connectivity index (χ1n) is 8.86. The van der Waals surface area contributed by atoms with Crippen molar-refractivity contribution in [2.75, 3.05) is 6.61 Å². The van der Waals surface area contributed by atoms with Crippen LogP contribution >= 0.6 is 0 Å². The van der Waals surface area contributed by atoms with E-state index in [1.54, 1.807) is 6.92 Å². The van der Waals surface area contributed by atoms with Gasteiger partial charge in [0.2, 0.25) is 5.76 Å². The molecule has 0 N–H and O–H groups in total. The van der Waals surface area contributed by atoms with Gasteiger partial charge in [-0.05, 0) is 18.1 Å². The summed E-state index contributed by atoms with van der Waals surface area (Å²) in [4.78, 5) is 24.1. The zero-order valence-electron chi connectivity index (χ0n) is 15.4. The molecule has 0 amide bonds. The van der Waals surface area contributed by atoms with Gasteiger partial charge in [-0.3, -0.25) is 0 Å². The third-order valence-electron chi connectivity index (χ3n) is 3.81. The van der Waals surface area contributed by atoms with Crippen molar-refractivity contribution < 1.29 is 28.5 Å². The molecule has 1 aliphatic rings. The number of hydrogen-bond donors (Lipinski definition) is 0. The van der Waals surface area contributed by atoms with E-state index in [-0.39, 0.29) is 37.1 Å². The van der Waals surface area contributed by atoms with Crippen LogP contribution in [-0.2, 0) is 41.8 Å². The Bertz CT molecular complexity index is 884. The summed E-state index contributed by atoms with van der Waals surface area (Å²) in [7, 11) is 0. The molecule has 0 atom stereocenters. The highest BCUT2D eigenvalue weighted by Gasteiger charge is 2.34. The zero-order valence-corrected chi connectivity index (χ0v) is 15.4. The van der Waals surface area contributed by atoms with Crippen molar-refractivity contribution in [2.45, 2.75) is 20.1 Å². The molecule has 0 unspecified atom stereocenters. The lowest BCUT2D eigenvalue weighted by Gasteiger charge is -2.09. The third-order valence-corrected chi connectivity index (χ3v) is 3.81. The van der Waals surface area contributed by atoms with Gasteiger partial charge in [0.15, 0.2) is 5.76 Å². The van der Waals surface area contributed by atoms with E-state index in [0.717, 1.165) is 17.2 Å². The van der Waals surface area contributed by atoms with Gasteiger partial charge in [-0.25, -0.2) is 9.59 Å². The number of benzene rings is 2. The largest absolute Gasteiger partial charge is 0.481 e. The van der Waals surface area contributed by atoms with Crippen molar-refractivity contribution in [3.63, 3.8) is 0 Å². The van der Waals surface area contributed by atoms with Gasteiger partial charge >= 0.3 is 11.9 Å². The topological polar surface area (TPSA) is 71.1 Å². The minimum absolute atomic E-state index is 0.0255. The molecule has 6 heteroatoms. The summed E-state index contributed by atoms with van der Waals surface area (Å²) < 4.78 is 21.5. The highest BCUT2D eigenvalue weighted by Crippen LogP contribution is 2.29. The van der Waals surface area contributed by atoms with Gasteiger partial charge in [-0.2, -0.15) is 0 Å². The molecule has 3 rings (SSSR count). The Morgan fingerprint density at radius 2 is 1.43 bits per heavy atom. The predicted octanol–water partition coefficient (Wildman–Crippen LogP) is 3.64. The van der Waals surface area contributed by atoms with Gasteiger partial charge in [0, 0.05) is 0 Å². The summed E-state index contributed by atoms with van der Waals surface area (Å²) in [6.45, 7) is 2.24. The number of rotatable bonds is 8. The lowest BCUT2D eigenvalue weighted by Crippen LogP contribution is -2.04. The van der Waals surface area contributed by atoms with E-state index < -0.39 is 11.9 Å². The van der Waals surface area contributed by atoms with Crippen molar-refractivity contribution >= 4 is 11.9 Å². The van der Waals surface area contributed by atoms with Gasteiger partial charge in [0.25, 0.3) is 5.76 Å². The van der Waals surface area contributed by atoms with Gasteiger partial charge in [0.05, 0.1) is 12.7 Å². The molecule has 1 aliphatic heterocycles. The smallest absolute Gasteiger partial charge is 0.383 e. The molecule has 1 heterocycles. The highest BCUT2D eigenvalue weighted by molar-refractivity contribution is 5.94. The number of hydrogen-bond acceptors (Lipinski definition) is 6. The van der Waals surface area contributed by atoms with Crippen LogP contribution in [0.4, 0.5) is 0 Å². The molecular formula is C22H20O6. The molecule has 2 aromatic carbocycles. The van der Waals surface area contributed by atoms with Crippen molar-refractivity contribution in [1.82, 2.24) is 0 Å². The fourth-order valence-corrected chi connectivity index (χ4v) is 2.50. The van der Waals surface area contributed by atoms with Crippen LogP contribution in [0.2, 0.25) is 0 Å². The van der Waals surface area contributed by atoms with E-state index in [1.807, 2.05) is 60.7 Å². The Morgan fingerprint density at radius 1 is 0.893 bits per heavy atom. The minimum atomic E-state index is -0.713. The fourth-order valence-electron chi connectivity index (χ4n) is 2.50. The molecule has 0 aliphatic carbocycles. The second-order valence-corrected chi connectivity index (χ2v) is 5.86. The van der Waals surface area contributed by atoms with E-state index in [9.17, 15) is 9.59 Å². The van der Waals surface area contributed by atoms with Crippen molar-refractivity contribution in [3.05, 3.63) is 95.1 Å². The predicted molar refractivity (Wildman–Crippen MR) is 100 cm³/mol. The first kappa shape index (κ1) is 19.2. The second kappa shape index (κ2) is 9.41. The molecule has 0 bridgehead atoms. The molecule has 6 nitrogen and oxygen atoms in total. The number of esters is 2. The van der Waals surface area contributed by atoms with Crippen LogP contribution in [0.25, 0.3) is 0 Å². The number of cyclic esters (lactones) is 1. The van der Waals surface area contributed by atoms with E-state index in [4.69, 9.17) is 18.9 Å². The second-order valence-electron chi connectivity index (χ2n) is 5.86.